The number of aryl methyl sites for hydroxylation is 1. The highest BCUT2D eigenvalue weighted by atomic mass is 16.5. The molecule has 1 aromatic rings. The number of aliphatic carboxylic acids is 1. The third-order valence-corrected chi connectivity index (χ3v) is 2.79. The summed E-state index contributed by atoms with van der Waals surface area (Å²) in [6.07, 6.45) is 0. The van der Waals surface area contributed by atoms with Gasteiger partial charge >= 0.3 is 11.9 Å². The van der Waals surface area contributed by atoms with Crippen LogP contribution in [0.25, 0.3) is 0 Å². The van der Waals surface area contributed by atoms with E-state index in [-0.39, 0.29) is 6.54 Å². The van der Waals surface area contributed by atoms with Crippen LogP contribution in [0.15, 0.2) is 12.1 Å². The van der Waals surface area contributed by atoms with Crippen molar-refractivity contribution in [3.63, 3.8) is 0 Å². The van der Waals surface area contributed by atoms with E-state index in [0.29, 0.717) is 11.5 Å². The monoisotopic (exact) mass is 267 g/mol. The molecule has 6 heteroatoms. The van der Waals surface area contributed by atoms with E-state index in [0.717, 1.165) is 16.0 Å². The van der Waals surface area contributed by atoms with Gasteiger partial charge in [-0.15, -0.1) is 0 Å². The number of nitrogens with zero attached hydrogens (tertiary/aromatic N) is 1. The highest BCUT2D eigenvalue weighted by Crippen LogP contribution is 2.29. The van der Waals surface area contributed by atoms with Crippen LogP contribution in [-0.4, -0.2) is 43.2 Å². The van der Waals surface area contributed by atoms with Crippen molar-refractivity contribution >= 4 is 11.9 Å². The van der Waals surface area contributed by atoms with Crippen molar-refractivity contribution in [2.75, 3.05) is 21.3 Å². The van der Waals surface area contributed by atoms with Gasteiger partial charge in [-0.25, -0.2) is 4.79 Å². The van der Waals surface area contributed by atoms with Crippen LogP contribution in [0.5, 0.6) is 11.5 Å². The van der Waals surface area contributed by atoms with E-state index in [1.807, 2.05) is 6.92 Å². The van der Waals surface area contributed by atoms with Gasteiger partial charge in [-0.3, -0.25) is 4.79 Å². The summed E-state index contributed by atoms with van der Waals surface area (Å²) in [7, 11) is 4.49. The Balaban J connectivity index is 3.07. The minimum atomic E-state index is -1.48. The maximum absolute atomic E-state index is 11.3. The second-order valence-corrected chi connectivity index (χ2v) is 4.09. The van der Waals surface area contributed by atoms with Gasteiger partial charge in [0.25, 0.3) is 0 Å². The van der Waals surface area contributed by atoms with Gasteiger partial charge in [0, 0.05) is 25.2 Å². The molecule has 0 saturated heterocycles. The number of rotatable bonds is 4. The number of likely N-dealkylation sites (N-methyl/N-ethyl adjacent to an activating group) is 1. The van der Waals surface area contributed by atoms with Crippen LogP contribution in [-0.2, 0) is 16.1 Å². The number of hydrogen-bond donors (Lipinski definition) is 1. The first-order valence-electron chi connectivity index (χ1n) is 5.60. The number of carbonyl (C=O) groups is 2. The topological polar surface area (TPSA) is 76.1 Å². The minimum Gasteiger partial charge on any atom is -0.497 e. The predicted molar refractivity (Wildman–Crippen MR) is 68.4 cm³/mol. The number of ether oxygens (including phenoxy) is 2. The number of carboxylic acid groups (broad SMARTS) is 1. The molecule has 1 aromatic carbocycles. The van der Waals surface area contributed by atoms with Crippen molar-refractivity contribution in [2.45, 2.75) is 13.5 Å². The van der Waals surface area contributed by atoms with Crippen molar-refractivity contribution in [3.05, 3.63) is 23.3 Å². The van der Waals surface area contributed by atoms with Gasteiger partial charge in [-0.2, -0.15) is 0 Å². The predicted octanol–water partition coefficient (Wildman–Crippen LogP) is 1.06. The van der Waals surface area contributed by atoms with E-state index in [9.17, 15) is 9.59 Å². The molecular formula is C13H17NO5. The number of hydrogen-bond acceptors (Lipinski definition) is 4. The Kier molecular flexibility index (Phi) is 4.74. The van der Waals surface area contributed by atoms with Crippen LogP contribution in [0.2, 0.25) is 0 Å². The molecule has 0 fully saturated rings. The molecule has 0 aliphatic carbocycles. The summed E-state index contributed by atoms with van der Waals surface area (Å²) in [5.74, 6) is -1.24. The fraction of sp³-hybridized carbons (Fsp3) is 0.385. The third-order valence-electron chi connectivity index (χ3n) is 2.79. The standard InChI is InChI=1S/C13H17NO5/c1-8-5-9(18-3)6-11(19-4)10(8)7-14(2)12(15)13(16)17/h5-6H,7H2,1-4H3,(H,16,17). The Morgan fingerprint density at radius 3 is 2.37 bits per heavy atom. The van der Waals surface area contributed by atoms with Crippen molar-refractivity contribution in [1.29, 1.82) is 0 Å². The van der Waals surface area contributed by atoms with Crippen molar-refractivity contribution in [3.8, 4) is 11.5 Å². The van der Waals surface area contributed by atoms with E-state index >= 15 is 0 Å². The average molecular weight is 267 g/mol. The highest BCUT2D eigenvalue weighted by molar-refractivity contribution is 6.31. The van der Waals surface area contributed by atoms with E-state index in [1.54, 1.807) is 19.2 Å². The smallest absolute Gasteiger partial charge is 0.394 e. The molecule has 1 rings (SSSR count). The zero-order valence-electron chi connectivity index (χ0n) is 11.4. The molecule has 0 heterocycles. The SMILES string of the molecule is COc1cc(C)c(CN(C)C(=O)C(=O)O)c(OC)c1. The molecule has 1 amide bonds. The van der Waals surface area contributed by atoms with Crippen molar-refractivity contribution < 1.29 is 24.2 Å². The first-order valence-corrected chi connectivity index (χ1v) is 5.60. The molecule has 0 radical (unpaired) electrons. The third kappa shape index (κ3) is 3.37. The van der Waals surface area contributed by atoms with Crippen LogP contribution < -0.4 is 9.47 Å². The zero-order chi connectivity index (χ0) is 14.6. The average Bonchev–Trinajstić information content (AvgIpc) is 2.39. The zero-order valence-corrected chi connectivity index (χ0v) is 11.4. The number of amides is 1. The number of carbonyl (C=O) groups excluding carboxylic acids is 1. The molecule has 0 bridgehead atoms. The van der Waals surface area contributed by atoms with Crippen LogP contribution in [0.3, 0.4) is 0 Å². The molecule has 6 nitrogen and oxygen atoms in total. The summed E-state index contributed by atoms with van der Waals surface area (Å²) >= 11 is 0. The van der Waals surface area contributed by atoms with E-state index in [4.69, 9.17) is 14.6 Å². The lowest BCUT2D eigenvalue weighted by Gasteiger charge is -2.19. The number of methoxy groups -OCH3 is 2. The molecule has 1 N–H and O–H groups in total. The summed E-state index contributed by atoms with van der Waals surface area (Å²) < 4.78 is 10.4. The summed E-state index contributed by atoms with van der Waals surface area (Å²) in [5, 5.41) is 8.67. The largest absolute Gasteiger partial charge is 0.497 e. The maximum Gasteiger partial charge on any atom is 0.394 e. The van der Waals surface area contributed by atoms with Crippen LogP contribution in [0.4, 0.5) is 0 Å². The molecule has 0 aromatic heterocycles. The van der Waals surface area contributed by atoms with Gasteiger partial charge in [0.15, 0.2) is 0 Å². The van der Waals surface area contributed by atoms with Crippen LogP contribution >= 0.6 is 0 Å². The number of carboxylic acids is 1. The van der Waals surface area contributed by atoms with Gasteiger partial charge in [0.1, 0.15) is 11.5 Å². The Bertz CT molecular complexity index is 498. The van der Waals surface area contributed by atoms with E-state index in [1.165, 1.54) is 14.2 Å². The van der Waals surface area contributed by atoms with Gasteiger partial charge in [0.05, 0.1) is 14.2 Å². The van der Waals surface area contributed by atoms with Gasteiger partial charge in [-0.05, 0) is 18.6 Å². The molecule has 104 valence electrons. The lowest BCUT2D eigenvalue weighted by atomic mass is 10.1. The molecular weight excluding hydrogens is 250 g/mol. The molecule has 0 unspecified atom stereocenters. The normalized spacial score (nSPS) is 9.89. The fourth-order valence-corrected chi connectivity index (χ4v) is 1.73. The number of benzene rings is 1. The van der Waals surface area contributed by atoms with E-state index < -0.39 is 11.9 Å². The molecule has 0 spiro atoms. The minimum absolute atomic E-state index is 0.157. The summed E-state index contributed by atoms with van der Waals surface area (Å²) in [4.78, 5) is 23.1. The first kappa shape index (κ1) is 14.8. The fourth-order valence-electron chi connectivity index (χ4n) is 1.73. The summed E-state index contributed by atoms with van der Waals surface area (Å²) in [5.41, 5.74) is 1.61. The summed E-state index contributed by atoms with van der Waals surface area (Å²) in [6.45, 7) is 2.00. The highest BCUT2D eigenvalue weighted by Gasteiger charge is 2.20. The van der Waals surface area contributed by atoms with Gasteiger partial charge in [-0.1, -0.05) is 0 Å². The molecule has 19 heavy (non-hydrogen) atoms. The first-order chi connectivity index (χ1) is 8.90. The van der Waals surface area contributed by atoms with Gasteiger partial charge in [0.2, 0.25) is 0 Å². The second kappa shape index (κ2) is 6.08. The Labute approximate surface area is 111 Å². The quantitative estimate of drug-likeness (QED) is 0.825. The lowest BCUT2D eigenvalue weighted by Crippen LogP contribution is -2.32. The van der Waals surface area contributed by atoms with Crippen LogP contribution in [0, 0.1) is 6.92 Å². The Hall–Kier alpha value is -2.24. The molecule has 0 aliphatic rings. The van der Waals surface area contributed by atoms with E-state index in [2.05, 4.69) is 0 Å². The lowest BCUT2D eigenvalue weighted by molar-refractivity contribution is -0.155. The summed E-state index contributed by atoms with van der Waals surface area (Å²) in [6, 6.07) is 3.50. The molecule has 0 aliphatic heterocycles. The van der Waals surface area contributed by atoms with Crippen molar-refractivity contribution in [1.82, 2.24) is 4.90 Å². The van der Waals surface area contributed by atoms with Crippen LogP contribution in [0.1, 0.15) is 11.1 Å². The maximum atomic E-state index is 11.3. The van der Waals surface area contributed by atoms with Gasteiger partial charge < -0.3 is 19.5 Å². The van der Waals surface area contributed by atoms with Crippen molar-refractivity contribution in [2.24, 2.45) is 0 Å². The molecule has 0 saturated carbocycles. The Morgan fingerprint density at radius 1 is 1.26 bits per heavy atom. The molecule has 0 atom stereocenters. The Morgan fingerprint density at radius 2 is 1.89 bits per heavy atom. The second-order valence-electron chi connectivity index (χ2n) is 4.09.